The van der Waals surface area contributed by atoms with Gasteiger partial charge in [0.05, 0.1) is 16.6 Å². The molecule has 0 saturated heterocycles. The maximum atomic E-state index is 13.2. The smallest absolute Gasteiger partial charge is 0.261 e. The van der Waals surface area contributed by atoms with Gasteiger partial charge in [0.15, 0.2) is 0 Å². The molecular weight excluding hydrogens is 428 g/mol. The first-order chi connectivity index (χ1) is 15.7. The van der Waals surface area contributed by atoms with Crippen molar-refractivity contribution in [1.29, 1.82) is 0 Å². The van der Waals surface area contributed by atoms with E-state index < -0.39 is 10.0 Å². The van der Waals surface area contributed by atoms with E-state index in [1.165, 1.54) is 16.7 Å². The second-order valence-electron chi connectivity index (χ2n) is 9.51. The van der Waals surface area contributed by atoms with Crippen LogP contribution in [0.25, 0.3) is 0 Å². The summed E-state index contributed by atoms with van der Waals surface area (Å²) in [5.41, 5.74) is 8.56. The van der Waals surface area contributed by atoms with Gasteiger partial charge in [-0.2, -0.15) is 0 Å². The first-order valence-electron chi connectivity index (χ1n) is 11.5. The molecule has 0 aromatic heterocycles. The number of benzene rings is 3. The van der Waals surface area contributed by atoms with Gasteiger partial charge in [0.25, 0.3) is 10.0 Å². The fourth-order valence-corrected chi connectivity index (χ4v) is 6.44. The molecule has 170 valence electrons. The van der Waals surface area contributed by atoms with E-state index in [0.717, 1.165) is 28.8 Å². The number of hydrogen-bond donors (Lipinski definition) is 2. The zero-order valence-corrected chi connectivity index (χ0v) is 20.3. The monoisotopic (exact) mass is 458 g/mol. The molecule has 1 aliphatic carbocycles. The predicted molar refractivity (Wildman–Crippen MR) is 135 cm³/mol. The fourth-order valence-electron chi connectivity index (χ4n) is 5.27. The molecule has 2 aliphatic rings. The summed E-state index contributed by atoms with van der Waals surface area (Å²) in [6.45, 7) is 8.21. The van der Waals surface area contributed by atoms with Crippen LogP contribution in [0.4, 0.5) is 11.4 Å². The van der Waals surface area contributed by atoms with Crippen molar-refractivity contribution in [3.8, 4) is 0 Å². The second kappa shape index (κ2) is 8.07. The van der Waals surface area contributed by atoms with E-state index in [-0.39, 0.29) is 12.0 Å². The third-order valence-electron chi connectivity index (χ3n) is 7.04. The normalized spacial score (nSPS) is 21.3. The molecule has 1 heterocycles. The van der Waals surface area contributed by atoms with Crippen molar-refractivity contribution in [3.63, 3.8) is 0 Å². The van der Waals surface area contributed by atoms with E-state index in [1.807, 2.05) is 44.2 Å². The van der Waals surface area contributed by atoms with Crippen LogP contribution in [0.2, 0.25) is 0 Å². The highest BCUT2D eigenvalue weighted by Crippen LogP contribution is 2.50. The van der Waals surface area contributed by atoms with Crippen molar-refractivity contribution in [2.75, 3.05) is 10.0 Å². The number of allylic oxidation sites excluding steroid dienone is 2. The molecule has 2 N–H and O–H groups in total. The fraction of sp³-hybridized carbons (Fsp3) is 0.286. The zero-order chi connectivity index (χ0) is 23.3. The molecule has 5 rings (SSSR count). The first-order valence-corrected chi connectivity index (χ1v) is 13.0. The summed E-state index contributed by atoms with van der Waals surface area (Å²) < 4.78 is 29.2. The van der Waals surface area contributed by atoms with Crippen LogP contribution in [0.15, 0.2) is 71.6 Å². The topological polar surface area (TPSA) is 58.2 Å². The maximum Gasteiger partial charge on any atom is 0.261 e. The Hall–Kier alpha value is -3.05. The van der Waals surface area contributed by atoms with Crippen LogP contribution in [-0.4, -0.2) is 8.42 Å². The van der Waals surface area contributed by atoms with Crippen molar-refractivity contribution in [1.82, 2.24) is 0 Å². The number of nitrogens with one attached hydrogen (secondary N) is 2. The van der Waals surface area contributed by atoms with E-state index in [0.29, 0.717) is 16.5 Å². The number of aryl methyl sites for hydroxylation is 4. The minimum Gasteiger partial charge on any atom is -0.378 e. The van der Waals surface area contributed by atoms with E-state index in [2.05, 4.69) is 54.2 Å². The summed E-state index contributed by atoms with van der Waals surface area (Å²) in [6, 6.07) is 18.0. The van der Waals surface area contributed by atoms with Gasteiger partial charge in [0, 0.05) is 11.6 Å². The molecule has 1 aliphatic heterocycles. The van der Waals surface area contributed by atoms with Gasteiger partial charge in [-0.1, -0.05) is 53.6 Å². The van der Waals surface area contributed by atoms with Crippen LogP contribution in [0.3, 0.4) is 0 Å². The largest absolute Gasteiger partial charge is 0.378 e. The molecule has 0 radical (unpaired) electrons. The van der Waals surface area contributed by atoms with Crippen molar-refractivity contribution in [3.05, 3.63) is 100 Å². The Labute approximate surface area is 196 Å². The lowest BCUT2D eigenvalue weighted by molar-refractivity contribution is 0.424. The molecule has 0 bridgehead atoms. The van der Waals surface area contributed by atoms with Crippen LogP contribution < -0.4 is 10.0 Å². The van der Waals surface area contributed by atoms with Crippen molar-refractivity contribution >= 4 is 21.4 Å². The van der Waals surface area contributed by atoms with Gasteiger partial charge in [-0.15, -0.1) is 0 Å². The Morgan fingerprint density at radius 1 is 0.848 bits per heavy atom. The minimum absolute atomic E-state index is 0.197. The highest BCUT2D eigenvalue weighted by Gasteiger charge is 2.39. The number of hydrogen-bond acceptors (Lipinski definition) is 3. The molecule has 3 atom stereocenters. The summed E-state index contributed by atoms with van der Waals surface area (Å²) in [4.78, 5) is 0.298. The van der Waals surface area contributed by atoms with Crippen LogP contribution in [0.5, 0.6) is 0 Å². The molecule has 0 saturated carbocycles. The van der Waals surface area contributed by atoms with Gasteiger partial charge in [-0.25, -0.2) is 8.42 Å². The SMILES string of the molecule is Cc1ccc(NS(=O)(=O)c2ccc3c(c2)[C@H]2C=CC[C@H]2[C@@H](c2cc(C)ccc2C)N3)c(C)c1. The van der Waals surface area contributed by atoms with Gasteiger partial charge in [-0.05, 0) is 86.6 Å². The van der Waals surface area contributed by atoms with Crippen LogP contribution >= 0.6 is 0 Å². The molecule has 0 amide bonds. The predicted octanol–water partition coefficient (Wildman–Crippen LogP) is 6.55. The lowest BCUT2D eigenvalue weighted by Crippen LogP contribution is -2.30. The Bertz CT molecular complexity index is 1370. The molecule has 0 unspecified atom stereocenters. The van der Waals surface area contributed by atoms with E-state index >= 15 is 0 Å². The maximum absolute atomic E-state index is 13.2. The van der Waals surface area contributed by atoms with E-state index in [1.54, 1.807) is 6.07 Å². The first kappa shape index (κ1) is 21.8. The molecule has 33 heavy (non-hydrogen) atoms. The van der Waals surface area contributed by atoms with Gasteiger partial charge in [0.2, 0.25) is 0 Å². The third-order valence-corrected chi connectivity index (χ3v) is 8.40. The molecule has 0 fully saturated rings. The number of rotatable bonds is 4. The summed E-state index contributed by atoms with van der Waals surface area (Å²) >= 11 is 0. The average molecular weight is 459 g/mol. The summed E-state index contributed by atoms with van der Waals surface area (Å²) in [5, 5.41) is 3.74. The van der Waals surface area contributed by atoms with Gasteiger partial charge in [-0.3, -0.25) is 4.72 Å². The van der Waals surface area contributed by atoms with Crippen molar-refractivity contribution in [2.24, 2.45) is 5.92 Å². The van der Waals surface area contributed by atoms with Gasteiger partial charge < -0.3 is 5.32 Å². The Morgan fingerprint density at radius 2 is 1.61 bits per heavy atom. The molecule has 4 nitrogen and oxygen atoms in total. The van der Waals surface area contributed by atoms with Crippen molar-refractivity contribution < 1.29 is 8.42 Å². The highest BCUT2D eigenvalue weighted by molar-refractivity contribution is 7.92. The molecule has 3 aromatic rings. The van der Waals surface area contributed by atoms with Crippen LogP contribution in [0, 0.1) is 33.6 Å². The summed E-state index contributed by atoms with van der Waals surface area (Å²) in [6.07, 6.45) is 5.46. The third kappa shape index (κ3) is 3.95. The number of anilines is 2. The summed E-state index contributed by atoms with van der Waals surface area (Å²) in [7, 11) is -3.69. The number of fused-ring (bicyclic) bond motifs is 3. The van der Waals surface area contributed by atoms with Crippen LogP contribution in [-0.2, 0) is 10.0 Å². The van der Waals surface area contributed by atoms with Crippen LogP contribution in [0.1, 0.15) is 51.8 Å². The van der Waals surface area contributed by atoms with Crippen molar-refractivity contribution in [2.45, 2.75) is 51.0 Å². The number of sulfonamides is 1. The Balaban J connectivity index is 1.51. The standard InChI is InChI=1S/C28H30N2O2S/c1-17-9-12-26(20(4)14-17)30-33(31,32)21-11-13-27-25(16-21)22-6-5-7-23(22)28(29-27)24-15-18(2)8-10-19(24)3/h5-6,8-16,22-23,28-30H,7H2,1-4H3/t22-,23+,28-/m0/s1. The van der Waals surface area contributed by atoms with E-state index in [4.69, 9.17) is 0 Å². The second-order valence-corrected chi connectivity index (χ2v) is 11.2. The lowest BCUT2D eigenvalue weighted by Gasteiger charge is -2.38. The highest BCUT2D eigenvalue weighted by atomic mass is 32.2. The zero-order valence-electron chi connectivity index (χ0n) is 19.5. The Kier molecular flexibility index (Phi) is 5.32. The molecular formula is C28H30N2O2S. The van der Waals surface area contributed by atoms with E-state index in [9.17, 15) is 8.42 Å². The molecule has 0 spiro atoms. The molecule has 5 heteroatoms. The lowest BCUT2D eigenvalue weighted by atomic mass is 9.76. The van der Waals surface area contributed by atoms with Gasteiger partial charge >= 0.3 is 0 Å². The quantitative estimate of drug-likeness (QED) is 0.436. The van der Waals surface area contributed by atoms with Gasteiger partial charge in [0.1, 0.15) is 0 Å². The summed E-state index contributed by atoms with van der Waals surface area (Å²) in [5.74, 6) is 0.561. The minimum atomic E-state index is -3.69. The molecule has 3 aromatic carbocycles. The average Bonchev–Trinajstić information content (AvgIpc) is 3.27. The Morgan fingerprint density at radius 3 is 2.39 bits per heavy atom.